The summed E-state index contributed by atoms with van der Waals surface area (Å²) in [6, 6.07) is 4.86. The standard InChI is InChI=1S/C20H26N2O3/c1-2-3-4-5-6-7-8-9-10-11-14-21-19(23)16-12-13-18-17(15-16)22-20(24)25-18/h8-13,15H,2-7,14H2,1H3,(H,21,23)(H,22,24)/b9-8+,11-10+. The van der Waals surface area contributed by atoms with Crippen molar-refractivity contribution >= 4 is 17.0 Å². The van der Waals surface area contributed by atoms with E-state index in [1.807, 2.05) is 18.2 Å². The summed E-state index contributed by atoms with van der Waals surface area (Å²) < 4.78 is 4.91. The lowest BCUT2D eigenvalue weighted by Crippen LogP contribution is -2.23. The lowest BCUT2D eigenvalue weighted by atomic mass is 10.1. The molecule has 0 saturated carbocycles. The highest BCUT2D eigenvalue weighted by Gasteiger charge is 2.07. The average Bonchev–Trinajstić information content (AvgIpc) is 2.98. The third kappa shape index (κ3) is 6.45. The first-order valence-electron chi connectivity index (χ1n) is 8.93. The summed E-state index contributed by atoms with van der Waals surface area (Å²) >= 11 is 0. The van der Waals surface area contributed by atoms with Crippen molar-refractivity contribution in [1.82, 2.24) is 10.3 Å². The minimum Gasteiger partial charge on any atom is -0.408 e. The Labute approximate surface area is 147 Å². The number of nitrogens with one attached hydrogen (secondary N) is 2. The summed E-state index contributed by atoms with van der Waals surface area (Å²) in [6.07, 6.45) is 15.6. The summed E-state index contributed by atoms with van der Waals surface area (Å²) in [4.78, 5) is 25.7. The van der Waals surface area contributed by atoms with E-state index in [2.05, 4.69) is 23.3 Å². The molecule has 1 amide bonds. The molecule has 0 saturated heterocycles. The number of hydrogen-bond donors (Lipinski definition) is 2. The van der Waals surface area contributed by atoms with Crippen LogP contribution in [0.5, 0.6) is 0 Å². The van der Waals surface area contributed by atoms with E-state index in [4.69, 9.17) is 4.42 Å². The van der Waals surface area contributed by atoms with Crippen molar-refractivity contribution in [3.63, 3.8) is 0 Å². The molecule has 0 atom stereocenters. The minimum atomic E-state index is -0.521. The first-order valence-corrected chi connectivity index (χ1v) is 8.93. The number of hydrogen-bond acceptors (Lipinski definition) is 3. The van der Waals surface area contributed by atoms with Gasteiger partial charge < -0.3 is 9.73 Å². The minimum absolute atomic E-state index is 0.187. The molecular weight excluding hydrogens is 316 g/mol. The number of amides is 1. The molecule has 0 aliphatic carbocycles. The van der Waals surface area contributed by atoms with Gasteiger partial charge in [-0.15, -0.1) is 0 Å². The Morgan fingerprint density at radius 2 is 1.96 bits per heavy atom. The Balaban J connectivity index is 1.68. The molecule has 2 rings (SSSR count). The van der Waals surface area contributed by atoms with Crippen LogP contribution in [0.15, 0.2) is 51.7 Å². The van der Waals surface area contributed by atoms with Crippen molar-refractivity contribution < 1.29 is 9.21 Å². The van der Waals surface area contributed by atoms with Crippen LogP contribution < -0.4 is 11.1 Å². The van der Waals surface area contributed by atoms with E-state index in [1.165, 1.54) is 32.1 Å². The maximum absolute atomic E-state index is 12.1. The van der Waals surface area contributed by atoms with Crippen LogP contribution in [0.1, 0.15) is 55.8 Å². The lowest BCUT2D eigenvalue weighted by Gasteiger charge is -2.01. The second kappa shape index (κ2) is 10.3. The summed E-state index contributed by atoms with van der Waals surface area (Å²) in [5, 5.41) is 2.81. The smallest absolute Gasteiger partial charge is 0.408 e. The van der Waals surface area contributed by atoms with Crippen molar-refractivity contribution in [1.29, 1.82) is 0 Å². The maximum atomic E-state index is 12.1. The highest BCUT2D eigenvalue weighted by atomic mass is 16.4. The van der Waals surface area contributed by atoms with Gasteiger partial charge in [0.2, 0.25) is 0 Å². The molecular formula is C20H26N2O3. The molecule has 25 heavy (non-hydrogen) atoms. The zero-order chi connectivity index (χ0) is 17.9. The Kier molecular flexibility index (Phi) is 7.76. The molecule has 0 radical (unpaired) electrons. The first-order chi connectivity index (χ1) is 12.2. The molecule has 1 aromatic heterocycles. The summed E-state index contributed by atoms with van der Waals surface area (Å²) in [5.41, 5.74) is 1.46. The Bertz CT molecular complexity index is 784. The fourth-order valence-electron chi connectivity index (χ4n) is 2.53. The molecule has 1 aromatic carbocycles. The molecule has 0 aliphatic heterocycles. The van der Waals surface area contributed by atoms with Gasteiger partial charge in [0, 0.05) is 12.1 Å². The second-order valence-corrected chi connectivity index (χ2v) is 5.99. The van der Waals surface area contributed by atoms with Crippen LogP contribution in [-0.4, -0.2) is 17.4 Å². The van der Waals surface area contributed by atoms with Gasteiger partial charge in [-0.3, -0.25) is 9.78 Å². The van der Waals surface area contributed by atoms with Gasteiger partial charge in [0.25, 0.3) is 5.91 Å². The predicted molar refractivity (Wildman–Crippen MR) is 101 cm³/mol. The molecule has 0 spiro atoms. The van der Waals surface area contributed by atoms with E-state index >= 15 is 0 Å². The molecule has 1 heterocycles. The van der Waals surface area contributed by atoms with E-state index in [0.29, 0.717) is 23.2 Å². The highest BCUT2D eigenvalue weighted by Crippen LogP contribution is 2.12. The summed E-state index contributed by atoms with van der Waals surface area (Å²) in [5.74, 6) is -0.707. The van der Waals surface area contributed by atoms with E-state index < -0.39 is 5.76 Å². The van der Waals surface area contributed by atoms with E-state index in [-0.39, 0.29) is 5.91 Å². The quantitative estimate of drug-likeness (QED) is 0.498. The number of oxazole rings is 1. The molecule has 2 aromatic rings. The Morgan fingerprint density at radius 3 is 2.80 bits per heavy atom. The largest absolute Gasteiger partial charge is 0.417 e. The van der Waals surface area contributed by atoms with Crippen LogP contribution in [0.25, 0.3) is 11.1 Å². The number of rotatable bonds is 10. The van der Waals surface area contributed by atoms with Crippen molar-refractivity contribution in [3.8, 4) is 0 Å². The molecule has 0 bridgehead atoms. The van der Waals surface area contributed by atoms with Crippen LogP contribution in [0.3, 0.4) is 0 Å². The Hall–Kier alpha value is -2.56. The van der Waals surface area contributed by atoms with Crippen molar-refractivity contribution in [2.24, 2.45) is 0 Å². The van der Waals surface area contributed by atoms with Gasteiger partial charge >= 0.3 is 5.76 Å². The fourth-order valence-corrected chi connectivity index (χ4v) is 2.53. The number of H-pyrrole nitrogens is 1. The number of aromatic nitrogens is 1. The number of benzene rings is 1. The van der Waals surface area contributed by atoms with Crippen LogP contribution in [0, 0.1) is 0 Å². The number of carbonyl (C=O) groups excluding carboxylic acids is 1. The fraction of sp³-hybridized carbons (Fsp3) is 0.400. The highest BCUT2D eigenvalue weighted by molar-refractivity contribution is 5.97. The van der Waals surface area contributed by atoms with E-state index in [0.717, 1.165) is 6.42 Å². The van der Waals surface area contributed by atoms with Gasteiger partial charge in [0.15, 0.2) is 5.58 Å². The lowest BCUT2D eigenvalue weighted by molar-refractivity contribution is 0.0958. The molecule has 5 heteroatoms. The van der Waals surface area contributed by atoms with Crippen LogP contribution >= 0.6 is 0 Å². The molecule has 0 unspecified atom stereocenters. The van der Waals surface area contributed by atoms with E-state index in [1.54, 1.807) is 18.2 Å². The van der Waals surface area contributed by atoms with Gasteiger partial charge in [0.1, 0.15) is 0 Å². The van der Waals surface area contributed by atoms with Gasteiger partial charge in [0.05, 0.1) is 5.52 Å². The van der Waals surface area contributed by atoms with Crippen LogP contribution in [0.2, 0.25) is 0 Å². The topological polar surface area (TPSA) is 75.1 Å². The van der Waals surface area contributed by atoms with Crippen LogP contribution in [0.4, 0.5) is 0 Å². The van der Waals surface area contributed by atoms with Gasteiger partial charge in [-0.2, -0.15) is 0 Å². The third-order valence-electron chi connectivity index (χ3n) is 3.92. The number of carbonyl (C=O) groups is 1. The van der Waals surface area contributed by atoms with Crippen molar-refractivity contribution in [2.75, 3.05) is 6.54 Å². The molecule has 0 fully saturated rings. The normalized spacial score (nSPS) is 11.7. The number of unbranched alkanes of at least 4 members (excludes halogenated alkanes) is 5. The number of aromatic amines is 1. The second-order valence-electron chi connectivity index (χ2n) is 5.99. The summed E-state index contributed by atoms with van der Waals surface area (Å²) in [7, 11) is 0. The monoisotopic (exact) mass is 342 g/mol. The number of allylic oxidation sites excluding steroid dienone is 3. The average molecular weight is 342 g/mol. The van der Waals surface area contributed by atoms with Crippen molar-refractivity contribution in [3.05, 3.63) is 58.6 Å². The zero-order valence-electron chi connectivity index (χ0n) is 14.7. The summed E-state index contributed by atoms with van der Waals surface area (Å²) in [6.45, 7) is 2.68. The van der Waals surface area contributed by atoms with Crippen molar-refractivity contribution in [2.45, 2.75) is 45.4 Å². The molecule has 0 aliphatic rings. The number of fused-ring (bicyclic) bond motifs is 1. The Morgan fingerprint density at radius 1 is 1.16 bits per heavy atom. The molecule has 5 nitrogen and oxygen atoms in total. The SMILES string of the molecule is CCCCCCC/C=C/C=C/CNC(=O)c1ccc2oc(=O)[nH]c2c1. The first kappa shape index (κ1) is 18.8. The van der Waals surface area contributed by atoms with Gasteiger partial charge in [-0.1, -0.05) is 56.9 Å². The predicted octanol–water partition coefficient (Wildman–Crippen LogP) is 4.32. The molecule has 134 valence electrons. The van der Waals surface area contributed by atoms with Gasteiger partial charge in [-0.05, 0) is 31.0 Å². The maximum Gasteiger partial charge on any atom is 0.417 e. The third-order valence-corrected chi connectivity index (χ3v) is 3.92. The zero-order valence-corrected chi connectivity index (χ0v) is 14.7. The molecule has 2 N–H and O–H groups in total. The van der Waals surface area contributed by atoms with Gasteiger partial charge in [-0.25, -0.2) is 4.79 Å². The van der Waals surface area contributed by atoms with Crippen LogP contribution in [-0.2, 0) is 0 Å². The van der Waals surface area contributed by atoms with E-state index in [9.17, 15) is 9.59 Å².